The third-order valence-electron chi connectivity index (χ3n) is 3.30. The Morgan fingerprint density at radius 1 is 1.20 bits per heavy atom. The fourth-order valence-corrected chi connectivity index (χ4v) is 4.03. The zero-order chi connectivity index (χ0) is 14.9. The first-order chi connectivity index (χ1) is 9.30. The maximum Gasteiger partial charge on any atom is 0.248 e. The summed E-state index contributed by atoms with van der Waals surface area (Å²) in [6.07, 6.45) is 0. The molecule has 2 atom stereocenters. The largest absolute Gasteiger partial charge is 0.366 e. The van der Waals surface area contributed by atoms with Crippen LogP contribution in [0.4, 0.5) is 0 Å². The van der Waals surface area contributed by atoms with Crippen molar-refractivity contribution in [1.82, 2.24) is 9.62 Å². The molecule has 1 amide bonds. The van der Waals surface area contributed by atoms with Gasteiger partial charge in [-0.2, -0.15) is 4.31 Å². The molecule has 0 saturated carbocycles. The molecule has 1 heterocycles. The maximum absolute atomic E-state index is 12.5. The summed E-state index contributed by atoms with van der Waals surface area (Å²) in [5.74, 6) is -0.571. The van der Waals surface area contributed by atoms with E-state index < -0.39 is 15.9 Å². The molecule has 7 heteroatoms. The van der Waals surface area contributed by atoms with Crippen LogP contribution in [0.25, 0.3) is 0 Å². The number of nitrogens with one attached hydrogen (secondary N) is 1. The van der Waals surface area contributed by atoms with Crippen molar-refractivity contribution in [3.63, 3.8) is 0 Å². The molecular weight excluding hydrogens is 278 g/mol. The minimum Gasteiger partial charge on any atom is -0.366 e. The van der Waals surface area contributed by atoms with Gasteiger partial charge < -0.3 is 11.1 Å². The van der Waals surface area contributed by atoms with E-state index in [1.165, 1.54) is 28.6 Å². The molecule has 3 N–H and O–H groups in total. The number of hydrogen-bond acceptors (Lipinski definition) is 4. The van der Waals surface area contributed by atoms with Gasteiger partial charge in [0.15, 0.2) is 0 Å². The van der Waals surface area contributed by atoms with Gasteiger partial charge in [-0.3, -0.25) is 4.79 Å². The monoisotopic (exact) mass is 297 g/mol. The van der Waals surface area contributed by atoms with Gasteiger partial charge >= 0.3 is 0 Å². The molecule has 1 aliphatic rings. The van der Waals surface area contributed by atoms with Crippen molar-refractivity contribution in [3.8, 4) is 0 Å². The summed E-state index contributed by atoms with van der Waals surface area (Å²) in [7, 11) is -3.53. The summed E-state index contributed by atoms with van der Waals surface area (Å²) in [5.41, 5.74) is 5.44. The van der Waals surface area contributed by atoms with Crippen molar-refractivity contribution >= 4 is 15.9 Å². The minimum atomic E-state index is -3.53. The number of piperazine rings is 1. The summed E-state index contributed by atoms with van der Waals surface area (Å²) in [6, 6.07) is 5.94. The molecule has 0 aliphatic carbocycles. The van der Waals surface area contributed by atoms with Crippen molar-refractivity contribution in [2.75, 3.05) is 13.1 Å². The lowest BCUT2D eigenvalue weighted by atomic mass is 10.2. The normalized spacial score (nSPS) is 24.5. The Bertz CT molecular complexity index is 588. The van der Waals surface area contributed by atoms with Crippen molar-refractivity contribution < 1.29 is 13.2 Å². The Hall–Kier alpha value is -1.44. The lowest BCUT2D eigenvalue weighted by Crippen LogP contribution is -2.55. The number of hydrogen-bond donors (Lipinski definition) is 2. The molecule has 1 aromatic rings. The van der Waals surface area contributed by atoms with Gasteiger partial charge in [0, 0.05) is 30.7 Å². The second kappa shape index (κ2) is 5.51. The van der Waals surface area contributed by atoms with Gasteiger partial charge in [0.2, 0.25) is 15.9 Å². The number of nitrogens with zero attached hydrogens (tertiary/aromatic N) is 1. The molecule has 20 heavy (non-hydrogen) atoms. The second-order valence-corrected chi connectivity index (χ2v) is 7.12. The molecule has 0 bridgehead atoms. The van der Waals surface area contributed by atoms with Gasteiger partial charge in [-0.1, -0.05) is 0 Å². The molecule has 2 rings (SSSR count). The van der Waals surface area contributed by atoms with Crippen molar-refractivity contribution in [2.24, 2.45) is 5.73 Å². The summed E-state index contributed by atoms with van der Waals surface area (Å²) in [6.45, 7) is 4.78. The Morgan fingerprint density at radius 3 is 2.15 bits per heavy atom. The molecule has 0 spiro atoms. The molecule has 2 unspecified atom stereocenters. The smallest absolute Gasteiger partial charge is 0.248 e. The van der Waals surface area contributed by atoms with Gasteiger partial charge in [0.05, 0.1) is 4.90 Å². The number of benzene rings is 1. The third-order valence-corrected chi connectivity index (χ3v) is 5.15. The molecule has 1 saturated heterocycles. The first kappa shape index (κ1) is 15.0. The molecule has 0 radical (unpaired) electrons. The van der Waals surface area contributed by atoms with Crippen LogP contribution in [0.1, 0.15) is 24.2 Å². The van der Waals surface area contributed by atoms with E-state index in [-0.39, 0.29) is 17.0 Å². The Balaban J connectivity index is 2.27. The second-order valence-electron chi connectivity index (χ2n) is 5.18. The standard InChI is InChI=1S/C13H19N3O3S/c1-9-7-16(8-10(2)15-9)20(18,19)12-5-3-11(4-6-12)13(14)17/h3-6,9-10,15H,7-8H2,1-2H3,(H2,14,17). The highest BCUT2D eigenvalue weighted by Crippen LogP contribution is 2.19. The van der Waals surface area contributed by atoms with Crippen LogP contribution in [-0.2, 0) is 10.0 Å². The van der Waals surface area contributed by atoms with Crippen LogP contribution in [0.3, 0.4) is 0 Å². The van der Waals surface area contributed by atoms with Crippen LogP contribution in [0, 0.1) is 0 Å². The van der Waals surface area contributed by atoms with Gasteiger partial charge in [-0.15, -0.1) is 0 Å². The first-order valence-electron chi connectivity index (χ1n) is 6.47. The van der Waals surface area contributed by atoms with Crippen LogP contribution >= 0.6 is 0 Å². The number of carbonyl (C=O) groups is 1. The van der Waals surface area contributed by atoms with Crippen molar-refractivity contribution in [3.05, 3.63) is 29.8 Å². The highest BCUT2D eigenvalue weighted by Gasteiger charge is 2.31. The van der Waals surface area contributed by atoms with Crippen molar-refractivity contribution in [1.29, 1.82) is 0 Å². The first-order valence-corrected chi connectivity index (χ1v) is 7.91. The van der Waals surface area contributed by atoms with Crippen LogP contribution in [0.2, 0.25) is 0 Å². The lowest BCUT2D eigenvalue weighted by molar-refractivity contribution is 0.1000. The summed E-state index contributed by atoms with van der Waals surface area (Å²) < 4.78 is 26.6. The van der Waals surface area contributed by atoms with Gasteiger partial charge in [-0.25, -0.2) is 8.42 Å². The van der Waals surface area contributed by atoms with E-state index in [0.717, 1.165) is 0 Å². The average Bonchev–Trinajstić information content (AvgIpc) is 2.37. The predicted molar refractivity (Wildman–Crippen MR) is 75.8 cm³/mol. The quantitative estimate of drug-likeness (QED) is 0.831. The Labute approximate surface area is 119 Å². The van der Waals surface area contributed by atoms with Gasteiger partial charge in [-0.05, 0) is 38.1 Å². The molecule has 6 nitrogen and oxygen atoms in total. The van der Waals surface area contributed by atoms with Crippen LogP contribution in [0.15, 0.2) is 29.2 Å². The topological polar surface area (TPSA) is 92.5 Å². The van der Waals surface area contributed by atoms with Gasteiger partial charge in [0.25, 0.3) is 0 Å². The molecule has 1 aromatic carbocycles. The van der Waals surface area contributed by atoms with E-state index in [1.807, 2.05) is 13.8 Å². The Morgan fingerprint density at radius 2 is 1.70 bits per heavy atom. The van der Waals surface area contributed by atoms with E-state index in [1.54, 1.807) is 0 Å². The number of amides is 1. The highest BCUT2D eigenvalue weighted by atomic mass is 32.2. The summed E-state index contributed by atoms with van der Waals surface area (Å²) >= 11 is 0. The number of carbonyl (C=O) groups excluding carboxylic acids is 1. The maximum atomic E-state index is 12.5. The predicted octanol–water partition coefficient (Wildman–Crippen LogP) is 0.156. The zero-order valence-electron chi connectivity index (χ0n) is 11.5. The van der Waals surface area contributed by atoms with Gasteiger partial charge in [0.1, 0.15) is 0 Å². The van der Waals surface area contributed by atoms with Crippen LogP contribution in [-0.4, -0.2) is 43.8 Å². The summed E-state index contributed by atoms with van der Waals surface area (Å²) in [4.78, 5) is 11.2. The fourth-order valence-electron chi connectivity index (χ4n) is 2.41. The van der Waals surface area contributed by atoms with E-state index >= 15 is 0 Å². The van der Waals surface area contributed by atoms with Crippen molar-refractivity contribution in [2.45, 2.75) is 30.8 Å². The number of primary amides is 1. The van der Waals surface area contributed by atoms with Crippen LogP contribution in [0.5, 0.6) is 0 Å². The summed E-state index contributed by atoms with van der Waals surface area (Å²) in [5, 5.41) is 3.29. The van der Waals surface area contributed by atoms with E-state index in [0.29, 0.717) is 18.7 Å². The molecule has 110 valence electrons. The van der Waals surface area contributed by atoms with E-state index in [2.05, 4.69) is 5.32 Å². The Kier molecular flexibility index (Phi) is 4.12. The zero-order valence-corrected chi connectivity index (χ0v) is 12.4. The van der Waals surface area contributed by atoms with Crippen LogP contribution < -0.4 is 11.1 Å². The minimum absolute atomic E-state index is 0.110. The lowest BCUT2D eigenvalue weighted by Gasteiger charge is -2.35. The molecule has 0 aromatic heterocycles. The number of rotatable bonds is 3. The number of sulfonamides is 1. The third kappa shape index (κ3) is 3.00. The molecule has 1 fully saturated rings. The van der Waals surface area contributed by atoms with E-state index in [4.69, 9.17) is 5.73 Å². The highest BCUT2D eigenvalue weighted by molar-refractivity contribution is 7.89. The molecular formula is C13H19N3O3S. The number of nitrogens with two attached hydrogens (primary N) is 1. The SMILES string of the molecule is CC1CN(S(=O)(=O)c2ccc(C(N)=O)cc2)CC(C)N1. The molecule has 1 aliphatic heterocycles. The fraction of sp³-hybridized carbons (Fsp3) is 0.462. The van der Waals surface area contributed by atoms with E-state index in [9.17, 15) is 13.2 Å². The average molecular weight is 297 g/mol.